The van der Waals surface area contributed by atoms with Gasteiger partial charge in [0.05, 0.1) is 17.6 Å². The topological polar surface area (TPSA) is 70.9 Å². The van der Waals surface area contributed by atoms with E-state index < -0.39 is 0 Å². The van der Waals surface area contributed by atoms with Gasteiger partial charge in [0.1, 0.15) is 11.6 Å². The summed E-state index contributed by atoms with van der Waals surface area (Å²) in [5, 5.41) is 0. The molecule has 33 heavy (non-hydrogen) atoms. The highest BCUT2D eigenvalue weighted by Gasteiger charge is 2.23. The third-order valence-corrected chi connectivity index (χ3v) is 6.07. The van der Waals surface area contributed by atoms with Crippen molar-refractivity contribution in [1.82, 2.24) is 24.3 Å². The Kier molecular flexibility index (Phi) is 6.65. The minimum Gasteiger partial charge on any atom is -0.484 e. The Bertz CT molecular complexity index is 1160. The van der Waals surface area contributed by atoms with E-state index in [2.05, 4.69) is 9.47 Å². The van der Waals surface area contributed by atoms with E-state index in [1.54, 1.807) is 19.0 Å². The molecule has 0 unspecified atom stereocenters. The molecule has 0 spiro atoms. The van der Waals surface area contributed by atoms with Crippen LogP contribution < -0.4 is 4.74 Å². The van der Waals surface area contributed by atoms with Crippen LogP contribution in [0.2, 0.25) is 0 Å². The predicted octanol–water partition coefficient (Wildman–Crippen LogP) is 2.31. The molecule has 0 bridgehead atoms. The van der Waals surface area contributed by atoms with E-state index in [1.807, 2.05) is 61.3 Å². The number of hydrogen-bond donors (Lipinski definition) is 0. The second-order valence-electron chi connectivity index (χ2n) is 8.75. The van der Waals surface area contributed by atoms with E-state index >= 15 is 0 Å². The van der Waals surface area contributed by atoms with Crippen molar-refractivity contribution >= 4 is 22.8 Å². The van der Waals surface area contributed by atoms with E-state index in [4.69, 9.17) is 9.72 Å². The van der Waals surface area contributed by atoms with Crippen molar-refractivity contribution in [3.63, 3.8) is 0 Å². The molecule has 0 aliphatic carbocycles. The van der Waals surface area contributed by atoms with Gasteiger partial charge >= 0.3 is 0 Å². The Morgan fingerprint density at radius 1 is 1.06 bits per heavy atom. The highest BCUT2D eigenvalue weighted by molar-refractivity contribution is 5.97. The van der Waals surface area contributed by atoms with Crippen molar-refractivity contribution in [3.8, 4) is 5.75 Å². The molecule has 0 N–H and O–H groups in total. The number of aromatic nitrogens is 2. The zero-order chi connectivity index (χ0) is 23.5. The monoisotopic (exact) mass is 449 g/mol. The molecule has 1 aromatic heterocycles. The molecule has 1 aliphatic heterocycles. The van der Waals surface area contributed by atoms with E-state index in [0.717, 1.165) is 41.3 Å². The lowest BCUT2D eigenvalue weighted by molar-refractivity contribution is -0.135. The molecule has 3 aromatic rings. The summed E-state index contributed by atoms with van der Waals surface area (Å²) in [6, 6.07) is 13.4. The first-order chi connectivity index (χ1) is 15.8. The summed E-state index contributed by atoms with van der Waals surface area (Å²) in [4.78, 5) is 35.3. The van der Waals surface area contributed by atoms with Crippen molar-refractivity contribution in [1.29, 1.82) is 0 Å². The third kappa shape index (κ3) is 5.17. The molecule has 8 nitrogen and oxygen atoms in total. The Hall–Kier alpha value is -3.39. The quantitative estimate of drug-likeness (QED) is 0.578. The summed E-state index contributed by atoms with van der Waals surface area (Å²) in [6.07, 6.45) is 0. The largest absolute Gasteiger partial charge is 0.484 e. The molecule has 174 valence electrons. The van der Waals surface area contributed by atoms with Crippen LogP contribution in [0.4, 0.5) is 0 Å². The van der Waals surface area contributed by atoms with Gasteiger partial charge in [-0.2, -0.15) is 0 Å². The van der Waals surface area contributed by atoms with Crippen molar-refractivity contribution in [2.75, 3.05) is 46.9 Å². The van der Waals surface area contributed by atoms with Crippen LogP contribution in [0, 0.1) is 6.92 Å². The lowest BCUT2D eigenvalue weighted by Crippen LogP contribution is -2.49. The fraction of sp³-hybridized carbons (Fsp3) is 0.400. The molecule has 8 heteroatoms. The average Bonchev–Trinajstić information content (AvgIpc) is 3.11. The van der Waals surface area contributed by atoms with Crippen molar-refractivity contribution in [2.24, 2.45) is 7.05 Å². The molecule has 2 heterocycles. The molecule has 1 fully saturated rings. The van der Waals surface area contributed by atoms with Gasteiger partial charge in [0.25, 0.3) is 11.8 Å². The van der Waals surface area contributed by atoms with Crippen LogP contribution >= 0.6 is 0 Å². The standard InChI is InChI=1S/C25H31N5O3/c1-18-6-5-7-20(14-18)33-17-24(31)30-12-10-29(11-13-30)16-23-26-21-15-19(25(32)27(2)3)8-9-22(21)28(23)4/h5-9,14-15H,10-13,16-17H2,1-4H3. The minimum absolute atomic E-state index is 0.0111. The number of fused-ring (bicyclic) bond motifs is 1. The maximum absolute atomic E-state index is 12.6. The van der Waals surface area contributed by atoms with Gasteiger partial charge in [0.2, 0.25) is 0 Å². The number of ether oxygens (including phenoxy) is 1. The van der Waals surface area contributed by atoms with E-state index in [1.165, 1.54) is 0 Å². The second-order valence-corrected chi connectivity index (χ2v) is 8.75. The third-order valence-electron chi connectivity index (χ3n) is 6.07. The number of carbonyl (C=O) groups excluding carboxylic acids is 2. The molecule has 1 aliphatic rings. The highest BCUT2D eigenvalue weighted by atomic mass is 16.5. The number of hydrogen-bond acceptors (Lipinski definition) is 5. The number of carbonyl (C=O) groups is 2. The normalized spacial score (nSPS) is 14.5. The van der Waals surface area contributed by atoms with Crippen molar-refractivity contribution in [3.05, 3.63) is 59.4 Å². The smallest absolute Gasteiger partial charge is 0.260 e. The van der Waals surface area contributed by atoms with E-state index in [-0.39, 0.29) is 18.4 Å². The van der Waals surface area contributed by atoms with Gasteiger partial charge in [0.15, 0.2) is 6.61 Å². The Morgan fingerprint density at radius 2 is 1.82 bits per heavy atom. The molecule has 2 aromatic carbocycles. The Labute approximate surface area is 194 Å². The zero-order valence-corrected chi connectivity index (χ0v) is 19.7. The van der Waals surface area contributed by atoms with Crippen LogP contribution in [0.3, 0.4) is 0 Å². The summed E-state index contributed by atoms with van der Waals surface area (Å²) in [7, 11) is 5.49. The number of nitrogens with zero attached hydrogens (tertiary/aromatic N) is 5. The van der Waals surface area contributed by atoms with Crippen LogP contribution in [-0.4, -0.2) is 82.9 Å². The summed E-state index contributed by atoms with van der Waals surface area (Å²) >= 11 is 0. The highest BCUT2D eigenvalue weighted by Crippen LogP contribution is 2.19. The molecule has 0 atom stereocenters. The van der Waals surface area contributed by atoms with Gasteiger partial charge in [-0.25, -0.2) is 4.98 Å². The summed E-state index contributed by atoms with van der Waals surface area (Å²) < 4.78 is 7.75. The first-order valence-electron chi connectivity index (χ1n) is 11.2. The van der Waals surface area contributed by atoms with E-state index in [9.17, 15) is 9.59 Å². The Morgan fingerprint density at radius 3 is 2.52 bits per heavy atom. The number of imidazole rings is 1. The van der Waals surface area contributed by atoms with Crippen LogP contribution in [0.1, 0.15) is 21.7 Å². The SMILES string of the molecule is Cc1cccc(OCC(=O)N2CCN(Cc3nc4cc(C(=O)N(C)C)ccc4n3C)CC2)c1. The van der Waals surface area contributed by atoms with Gasteiger partial charge in [0, 0.05) is 52.9 Å². The minimum atomic E-state index is -0.0312. The Balaban J connectivity index is 1.33. The van der Waals surface area contributed by atoms with Crippen LogP contribution in [-0.2, 0) is 18.4 Å². The van der Waals surface area contributed by atoms with Crippen LogP contribution in [0.5, 0.6) is 5.75 Å². The fourth-order valence-electron chi connectivity index (χ4n) is 4.08. The number of piperazine rings is 1. The maximum Gasteiger partial charge on any atom is 0.260 e. The molecule has 0 saturated carbocycles. The molecular formula is C25H31N5O3. The lowest BCUT2D eigenvalue weighted by Gasteiger charge is -2.34. The second kappa shape index (κ2) is 9.62. The van der Waals surface area contributed by atoms with Crippen molar-refractivity contribution in [2.45, 2.75) is 13.5 Å². The van der Waals surface area contributed by atoms with E-state index in [0.29, 0.717) is 25.2 Å². The van der Waals surface area contributed by atoms with Crippen LogP contribution in [0.15, 0.2) is 42.5 Å². The molecule has 0 radical (unpaired) electrons. The lowest BCUT2D eigenvalue weighted by atomic mass is 10.2. The van der Waals surface area contributed by atoms with Crippen molar-refractivity contribution < 1.29 is 14.3 Å². The summed E-state index contributed by atoms with van der Waals surface area (Å²) in [5.41, 5.74) is 3.57. The van der Waals surface area contributed by atoms with Gasteiger partial charge < -0.3 is 19.1 Å². The maximum atomic E-state index is 12.6. The fourth-order valence-corrected chi connectivity index (χ4v) is 4.08. The first kappa shape index (κ1) is 22.8. The molecular weight excluding hydrogens is 418 g/mol. The molecule has 1 saturated heterocycles. The summed E-state index contributed by atoms with van der Waals surface area (Å²) in [5.74, 6) is 1.65. The van der Waals surface area contributed by atoms with Gasteiger partial charge in [-0.1, -0.05) is 12.1 Å². The van der Waals surface area contributed by atoms with Crippen LogP contribution in [0.25, 0.3) is 11.0 Å². The predicted molar refractivity (Wildman–Crippen MR) is 127 cm³/mol. The van der Waals surface area contributed by atoms with Gasteiger partial charge in [-0.15, -0.1) is 0 Å². The average molecular weight is 450 g/mol. The number of aryl methyl sites for hydroxylation is 2. The first-order valence-corrected chi connectivity index (χ1v) is 11.2. The van der Waals surface area contributed by atoms with Gasteiger partial charge in [-0.05, 0) is 42.8 Å². The van der Waals surface area contributed by atoms with Gasteiger partial charge in [-0.3, -0.25) is 14.5 Å². The zero-order valence-electron chi connectivity index (χ0n) is 19.7. The number of rotatable bonds is 6. The molecule has 2 amide bonds. The number of benzene rings is 2. The number of amides is 2. The molecule has 4 rings (SSSR count). The summed E-state index contributed by atoms with van der Waals surface area (Å²) in [6.45, 7) is 5.66.